The number of hydrogen-bond acceptors (Lipinski definition) is 4. The first-order valence-corrected chi connectivity index (χ1v) is 9.31. The molecule has 2 N–H and O–H groups in total. The Kier molecular flexibility index (Phi) is 5.61. The smallest absolute Gasteiger partial charge is 0.323 e. The van der Waals surface area contributed by atoms with Crippen molar-refractivity contribution in [2.45, 2.75) is 37.6 Å². The monoisotopic (exact) mass is 354 g/mol. The predicted molar refractivity (Wildman–Crippen MR) is 88.2 cm³/mol. The highest BCUT2D eigenvalue weighted by Gasteiger charge is 2.28. The van der Waals surface area contributed by atoms with Gasteiger partial charge in [-0.05, 0) is 37.0 Å². The van der Waals surface area contributed by atoms with E-state index in [9.17, 15) is 18.0 Å². The molecule has 8 heteroatoms. The molecule has 1 aromatic rings. The molecule has 0 unspecified atom stereocenters. The highest BCUT2D eigenvalue weighted by molar-refractivity contribution is 7.89. The first-order valence-electron chi connectivity index (χ1n) is 7.82. The van der Waals surface area contributed by atoms with Gasteiger partial charge in [0.05, 0.1) is 4.90 Å². The fourth-order valence-corrected chi connectivity index (χ4v) is 3.64. The molecule has 1 fully saturated rings. The van der Waals surface area contributed by atoms with Gasteiger partial charge in [-0.15, -0.1) is 0 Å². The molecular formula is C16H22N2O5S. The summed E-state index contributed by atoms with van der Waals surface area (Å²) in [7, 11) is -3.66. The lowest BCUT2D eigenvalue weighted by Crippen LogP contribution is -2.38. The lowest BCUT2D eigenvalue weighted by atomic mass is 10.1. The van der Waals surface area contributed by atoms with Crippen LogP contribution in [-0.2, 0) is 14.8 Å². The summed E-state index contributed by atoms with van der Waals surface area (Å²) >= 11 is 0. The van der Waals surface area contributed by atoms with Gasteiger partial charge in [0.15, 0.2) is 0 Å². The van der Waals surface area contributed by atoms with Gasteiger partial charge in [0.1, 0.15) is 6.54 Å². The maximum absolute atomic E-state index is 12.6. The summed E-state index contributed by atoms with van der Waals surface area (Å²) in [5, 5.41) is 8.98. The van der Waals surface area contributed by atoms with E-state index in [2.05, 4.69) is 4.72 Å². The molecule has 2 rings (SSSR count). The van der Waals surface area contributed by atoms with Crippen LogP contribution >= 0.6 is 0 Å². The number of aliphatic carboxylic acids is 1. The van der Waals surface area contributed by atoms with Crippen molar-refractivity contribution < 1.29 is 23.1 Å². The Morgan fingerprint density at radius 1 is 1.33 bits per heavy atom. The third-order valence-corrected chi connectivity index (χ3v) is 5.01. The number of carboxylic acids is 1. The summed E-state index contributed by atoms with van der Waals surface area (Å²) < 4.78 is 27.1. The van der Waals surface area contributed by atoms with Gasteiger partial charge >= 0.3 is 5.97 Å². The Morgan fingerprint density at radius 2 is 2.00 bits per heavy atom. The van der Waals surface area contributed by atoms with E-state index in [1.165, 1.54) is 29.2 Å². The highest BCUT2D eigenvalue weighted by atomic mass is 32.2. The SMILES string of the molecule is CC(C)CN(CC(=O)O)C(=O)c1cccc(S(=O)(=O)NC2CC2)c1. The van der Waals surface area contributed by atoms with Crippen LogP contribution < -0.4 is 4.72 Å². The van der Waals surface area contributed by atoms with Crippen LogP contribution in [0.4, 0.5) is 0 Å². The lowest BCUT2D eigenvalue weighted by Gasteiger charge is -2.23. The fraction of sp³-hybridized carbons (Fsp3) is 0.500. The molecule has 0 radical (unpaired) electrons. The number of amides is 1. The molecule has 0 saturated heterocycles. The lowest BCUT2D eigenvalue weighted by molar-refractivity contribution is -0.137. The first-order chi connectivity index (χ1) is 11.2. The van der Waals surface area contributed by atoms with Crippen molar-refractivity contribution in [3.05, 3.63) is 29.8 Å². The number of rotatable bonds is 8. The number of carboxylic acid groups (broad SMARTS) is 1. The van der Waals surface area contributed by atoms with Gasteiger partial charge in [0.2, 0.25) is 10.0 Å². The van der Waals surface area contributed by atoms with Crippen molar-refractivity contribution in [2.75, 3.05) is 13.1 Å². The van der Waals surface area contributed by atoms with Crippen LogP contribution in [0.5, 0.6) is 0 Å². The van der Waals surface area contributed by atoms with Gasteiger partial charge < -0.3 is 10.0 Å². The fourth-order valence-electron chi connectivity index (χ4n) is 2.29. The van der Waals surface area contributed by atoms with E-state index in [-0.39, 0.29) is 29.0 Å². The van der Waals surface area contributed by atoms with Crippen molar-refractivity contribution in [1.82, 2.24) is 9.62 Å². The van der Waals surface area contributed by atoms with Gasteiger partial charge in [-0.3, -0.25) is 9.59 Å². The zero-order valence-corrected chi connectivity index (χ0v) is 14.5. The molecule has 0 aromatic heterocycles. The maximum atomic E-state index is 12.6. The Hall–Kier alpha value is -1.93. The van der Waals surface area contributed by atoms with Crippen LogP contribution in [0.15, 0.2) is 29.2 Å². The summed E-state index contributed by atoms with van der Waals surface area (Å²) in [4.78, 5) is 24.8. The average Bonchev–Trinajstić information content (AvgIpc) is 3.28. The van der Waals surface area contributed by atoms with E-state index in [0.29, 0.717) is 0 Å². The second-order valence-corrected chi connectivity index (χ2v) is 8.11. The van der Waals surface area contributed by atoms with Gasteiger partial charge in [-0.1, -0.05) is 19.9 Å². The van der Waals surface area contributed by atoms with Crippen LogP contribution in [0.25, 0.3) is 0 Å². The number of hydrogen-bond donors (Lipinski definition) is 2. The number of nitrogens with one attached hydrogen (secondary N) is 1. The van der Waals surface area contributed by atoms with Gasteiger partial charge in [0.25, 0.3) is 5.91 Å². The molecule has 1 saturated carbocycles. The minimum absolute atomic E-state index is 0.0140. The van der Waals surface area contributed by atoms with Crippen molar-refractivity contribution in [3.8, 4) is 0 Å². The molecular weight excluding hydrogens is 332 g/mol. The summed E-state index contributed by atoms with van der Waals surface area (Å²) in [6.07, 6.45) is 1.64. The average molecular weight is 354 g/mol. The van der Waals surface area contributed by atoms with Crippen molar-refractivity contribution in [1.29, 1.82) is 0 Å². The quantitative estimate of drug-likeness (QED) is 0.732. The number of carbonyl (C=O) groups is 2. The van der Waals surface area contributed by atoms with E-state index in [1.807, 2.05) is 13.8 Å². The van der Waals surface area contributed by atoms with Crippen LogP contribution in [-0.4, -0.2) is 49.4 Å². The molecule has 1 aliphatic rings. The molecule has 0 heterocycles. The van der Waals surface area contributed by atoms with Crippen LogP contribution in [0.2, 0.25) is 0 Å². The summed E-state index contributed by atoms with van der Waals surface area (Å²) in [5.74, 6) is -1.51. The summed E-state index contributed by atoms with van der Waals surface area (Å²) in [6.45, 7) is 3.61. The standard InChI is InChI=1S/C16H22N2O5S/c1-11(2)9-18(10-15(19)20)16(21)12-4-3-5-14(8-12)24(22,23)17-13-6-7-13/h3-5,8,11,13,17H,6-7,9-10H2,1-2H3,(H,19,20). The molecule has 0 atom stereocenters. The van der Waals surface area contributed by atoms with Crippen LogP contribution in [0.3, 0.4) is 0 Å². The third kappa shape index (κ3) is 5.04. The largest absolute Gasteiger partial charge is 0.480 e. The summed E-state index contributed by atoms with van der Waals surface area (Å²) in [6, 6.07) is 5.67. The van der Waals surface area contributed by atoms with E-state index in [0.717, 1.165) is 12.8 Å². The second kappa shape index (κ2) is 7.31. The predicted octanol–water partition coefficient (Wildman–Crippen LogP) is 1.31. The first kappa shape index (κ1) is 18.4. The van der Waals surface area contributed by atoms with Crippen LogP contribution in [0, 0.1) is 5.92 Å². The molecule has 7 nitrogen and oxygen atoms in total. The van der Waals surface area contributed by atoms with E-state index < -0.39 is 28.4 Å². The number of nitrogens with zero attached hydrogens (tertiary/aromatic N) is 1. The molecule has 1 aliphatic carbocycles. The van der Waals surface area contributed by atoms with E-state index >= 15 is 0 Å². The van der Waals surface area contributed by atoms with Crippen molar-refractivity contribution in [3.63, 3.8) is 0 Å². The summed E-state index contributed by atoms with van der Waals surface area (Å²) in [5.41, 5.74) is 0.163. The zero-order chi connectivity index (χ0) is 17.9. The van der Waals surface area contributed by atoms with Gasteiger partial charge in [-0.25, -0.2) is 13.1 Å². The second-order valence-electron chi connectivity index (χ2n) is 6.40. The molecule has 24 heavy (non-hydrogen) atoms. The Balaban J connectivity index is 2.24. The number of sulfonamides is 1. The topological polar surface area (TPSA) is 104 Å². The Labute approximate surface area is 141 Å². The number of carbonyl (C=O) groups excluding carboxylic acids is 1. The van der Waals surface area contributed by atoms with Crippen LogP contribution in [0.1, 0.15) is 37.0 Å². The zero-order valence-electron chi connectivity index (χ0n) is 13.7. The molecule has 0 spiro atoms. The third-order valence-electron chi connectivity index (χ3n) is 3.49. The molecule has 1 amide bonds. The van der Waals surface area contributed by atoms with E-state index in [4.69, 9.17) is 5.11 Å². The molecule has 132 valence electrons. The maximum Gasteiger partial charge on any atom is 0.323 e. The molecule has 1 aromatic carbocycles. The van der Waals surface area contributed by atoms with E-state index in [1.54, 1.807) is 0 Å². The molecule has 0 bridgehead atoms. The Bertz CT molecular complexity index is 726. The number of benzene rings is 1. The highest BCUT2D eigenvalue weighted by Crippen LogP contribution is 2.22. The minimum Gasteiger partial charge on any atom is -0.480 e. The molecule has 0 aliphatic heterocycles. The Morgan fingerprint density at radius 3 is 2.54 bits per heavy atom. The van der Waals surface area contributed by atoms with Gasteiger partial charge in [-0.2, -0.15) is 0 Å². The minimum atomic E-state index is -3.66. The van der Waals surface area contributed by atoms with Crippen molar-refractivity contribution in [2.24, 2.45) is 5.92 Å². The van der Waals surface area contributed by atoms with Crippen molar-refractivity contribution >= 4 is 21.9 Å². The normalized spacial score (nSPS) is 14.6. The van der Waals surface area contributed by atoms with Gasteiger partial charge in [0, 0.05) is 18.2 Å².